The lowest BCUT2D eigenvalue weighted by Gasteiger charge is -2.38. The molecule has 146 heavy (non-hydrogen) atoms. The first-order valence-corrected chi connectivity index (χ1v) is 60.6. The van der Waals surface area contributed by atoms with E-state index in [1.54, 1.807) is 0 Å². The standard InChI is InChI=1S/2C11H22.C10H21N.C10H20.C10H14.C9H19N.C9H13N.C9H19N.C9H13N.C9H18.C9H14.C8H17N.C8H13N.C8H16.C7H15N.CH4/c2*1-11(2,3)10-8-6-4-5-7-9-10;1-10(2,3)9-7-5-4-6-8-11-9;2*1-10(2,3)9-7-5-4-6-8-9;2*1-9(2,3)8-4-6-10-7-5-8;2*1-9(2,3)8-6-4-5-7-10-8;2*1-9(2,3)8-6-4-5-7-8;2*1-8(2,3)7-5-4-6-9-7;1-8(2,3)7-5-4-6-7;1-7(2,3)6-4-5-8-6;/h2*10H,4-9H2,1-3H3;9,11H,4-8H2,1-3H3;9H,4-8H2,1-3H3;4-8H,1-3H3;8,10H,4-7H2,1-3H3;4-7H,1-3H3;8,10H,4-7H2,1-3H3;4-7H,1-3H3;8H,4-7H2,1-3H3;4,6-7H,5H2,1-3H3;7,9H,4-6H2,1-3H3;4-6,9H,1-3H3;7H,4-6H2,1-3H3;6,8H,4-5H2,1-3H3;1H4. The number of nitrogens with zero attached hydrogens (tertiary/aromatic N) is 2. The Balaban J connectivity index is 0.00000154. The Morgan fingerprint density at radius 1 is 0.233 bits per heavy atom. The second-order valence-electron chi connectivity index (χ2n) is 61.8. The number of aromatic nitrogens is 3. The molecule has 6 aliphatic carbocycles. The summed E-state index contributed by atoms with van der Waals surface area (Å²) in [4.78, 5) is 11.4. The van der Waals surface area contributed by atoms with Crippen LogP contribution < -0.4 is 26.6 Å². The monoisotopic (exact) mass is 2030 g/mol. The molecular formula is C138H260N8. The van der Waals surface area contributed by atoms with Crippen LogP contribution in [-0.4, -0.2) is 78.4 Å². The molecule has 11 aliphatic rings. The number of pyridine rings is 2. The van der Waals surface area contributed by atoms with Crippen molar-refractivity contribution in [2.45, 2.75) is 602 Å². The van der Waals surface area contributed by atoms with Gasteiger partial charge in [0.25, 0.3) is 0 Å². The van der Waals surface area contributed by atoms with Crippen molar-refractivity contribution in [2.24, 2.45) is 95.1 Å². The van der Waals surface area contributed by atoms with Crippen LogP contribution in [0.1, 0.15) is 579 Å². The van der Waals surface area contributed by atoms with E-state index < -0.39 is 0 Å². The molecule has 6 N–H and O–H groups in total. The molecule has 8 nitrogen and oxygen atoms in total. The number of hydrogen-bond acceptors (Lipinski definition) is 7. The zero-order chi connectivity index (χ0) is 111. The van der Waals surface area contributed by atoms with Gasteiger partial charge in [-0.25, -0.2) is 0 Å². The van der Waals surface area contributed by atoms with Gasteiger partial charge in [0, 0.05) is 71.2 Å². The third-order valence-corrected chi connectivity index (χ3v) is 33.1. The van der Waals surface area contributed by atoms with Gasteiger partial charge in [0.05, 0.1) is 0 Å². The van der Waals surface area contributed by atoms with Crippen LogP contribution in [0, 0.1) is 95.1 Å². The van der Waals surface area contributed by atoms with Gasteiger partial charge in [-0.1, -0.05) is 483 Å². The van der Waals surface area contributed by atoms with Crippen molar-refractivity contribution in [1.29, 1.82) is 0 Å². The zero-order valence-corrected chi connectivity index (χ0v) is 106. The summed E-state index contributed by atoms with van der Waals surface area (Å²) < 4.78 is 0. The molecule has 3 aromatic heterocycles. The third-order valence-electron chi connectivity index (χ3n) is 33.1. The van der Waals surface area contributed by atoms with Gasteiger partial charge in [-0.2, -0.15) is 0 Å². The molecule has 0 radical (unpaired) electrons. The highest BCUT2D eigenvalue weighted by Gasteiger charge is 2.35. The van der Waals surface area contributed by atoms with Crippen LogP contribution in [0.2, 0.25) is 0 Å². The fourth-order valence-corrected chi connectivity index (χ4v) is 21.2. The molecule has 5 saturated carbocycles. The maximum atomic E-state index is 4.25. The van der Waals surface area contributed by atoms with E-state index in [-0.39, 0.29) is 23.7 Å². The zero-order valence-electron chi connectivity index (χ0n) is 106. The van der Waals surface area contributed by atoms with Crippen LogP contribution in [0.5, 0.6) is 0 Å². The Labute approximate surface area is 916 Å². The number of H-pyrrole nitrogens is 1. The van der Waals surface area contributed by atoms with E-state index in [2.05, 4.69) is 426 Å². The normalized spacial score (nSPS) is 21.0. The van der Waals surface area contributed by atoms with Crippen molar-refractivity contribution < 1.29 is 0 Å². The predicted octanol–water partition coefficient (Wildman–Crippen LogP) is 41.2. The van der Waals surface area contributed by atoms with Gasteiger partial charge in [0.1, 0.15) is 0 Å². The van der Waals surface area contributed by atoms with Crippen molar-refractivity contribution in [3.05, 3.63) is 144 Å². The molecule has 8 heteroatoms. The predicted molar refractivity (Wildman–Crippen MR) is 660 cm³/mol. The van der Waals surface area contributed by atoms with E-state index in [0.29, 0.717) is 65.0 Å². The maximum Gasteiger partial charge on any atom is 0.0457 e. The number of hydrogen-bond donors (Lipinski definition) is 6. The average molecular weight is 2030 g/mol. The van der Waals surface area contributed by atoms with Gasteiger partial charge in [-0.3, -0.25) is 9.97 Å². The Kier molecular flexibility index (Phi) is 66.6. The minimum absolute atomic E-state index is 0. The van der Waals surface area contributed by atoms with Gasteiger partial charge >= 0.3 is 0 Å². The molecule has 10 fully saturated rings. The number of nitrogens with one attached hydrogen (secondary N) is 6. The molecule has 5 saturated heterocycles. The topological polar surface area (TPSA) is 102 Å². The van der Waals surface area contributed by atoms with Crippen LogP contribution in [0.4, 0.5) is 0 Å². The molecule has 4 unspecified atom stereocenters. The molecule has 0 amide bonds. The summed E-state index contributed by atoms with van der Waals surface area (Å²) in [7, 11) is 0. The first kappa shape index (κ1) is 142. The van der Waals surface area contributed by atoms with E-state index >= 15 is 0 Å². The van der Waals surface area contributed by atoms with Crippen LogP contribution in [-0.2, 0) is 21.7 Å². The fraction of sp³-hybridized carbons (Fsp3) is 0.826. The number of benzene rings is 1. The second-order valence-corrected chi connectivity index (χ2v) is 61.8. The highest BCUT2D eigenvalue weighted by Crippen LogP contribution is 2.44. The van der Waals surface area contributed by atoms with E-state index in [1.807, 2.05) is 43.0 Å². The van der Waals surface area contributed by atoms with Crippen molar-refractivity contribution in [3.8, 4) is 0 Å². The van der Waals surface area contributed by atoms with Crippen molar-refractivity contribution >= 4 is 0 Å². The third kappa shape index (κ3) is 67.0. The molecular weight excluding hydrogens is 1770 g/mol. The lowest BCUT2D eigenvalue weighted by Crippen LogP contribution is -2.50. The van der Waals surface area contributed by atoms with Gasteiger partial charge < -0.3 is 31.6 Å². The molecule has 15 rings (SSSR count). The molecule has 4 aromatic rings. The molecule has 5 aliphatic heterocycles. The first-order chi connectivity index (χ1) is 66.6. The lowest BCUT2D eigenvalue weighted by molar-refractivity contribution is 0.141. The smallest absolute Gasteiger partial charge is 0.0457 e. The van der Waals surface area contributed by atoms with Crippen LogP contribution >= 0.6 is 0 Å². The van der Waals surface area contributed by atoms with E-state index in [0.717, 1.165) is 71.8 Å². The Morgan fingerprint density at radius 2 is 0.527 bits per heavy atom. The summed E-state index contributed by atoms with van der Waals surface area (Å²) in [5, 5.41) is 17.4. The number of piperidine rings is 2. The summed E-state index contributed by atoms with van der Waals surface area (Å²) in [6.07, 6.45) is 67.3. The molecule has 0 bridgehead atoms. The largest absolute Gasteiger partial charge is 0.365 e. The summed E-state index contributed by atoms with van der Waals surface area (Å²) in [6.45, 7) is 111. The first-order valence-electron chi connectivity index (χ1n) is 60.6. The van der Waals surface area contributed by atoms with Crippen molar-refractivity contribution in [1.82, 2.24) is 41.5 Å². The minimum atomic E-state index is 0. The van der Waals surface area contributed by atoms with Crippen LogP contribution in [0.25, 0.3) is 0 Å². The SMILES string of the molecule is C.CC(C)(C)C1=CCC=C1.CC(C)(C)C1CCC1.CC(C)(C)C1CCCC1.CC(C)(C)C1CCCCC1.CC(C)(C)C1CCCCCC1.CC(C)(C)C1CCCCCC1.CC(C)(C)C1CCCCCN1.CC(C)(C)C1CCCCN1.CC(C)(C)C1CCCN1.CC(C)(C)C1CCN1.CC(C)(C)C1CCNCC1.CC(C)(C)c1ccc[nH]1.CC(C)(C)c1ccccc1.CC(C)(C)c1ccccn1.CC(C)(C)c1ccncc1. The summed E-state index contributed by atoms with van der Waals surface area (Å²) in [5.74, 6) is 5.96. The quantitative estimate of drug-likeness (QED) is 0.0976. The van der Waals surface area contributed by atoms with Crippen LogP contribution in [0.3, 0.4) is 0 Å². The Morgan fingerprint density at radius 3 is 0.740 bits per heavy atom. The van der Waals surface area contributed by atoms with Gasteiger partial charge in [0.15, 0.2) is 0 Å². The molecule has 4 atom stereocenters. The van der Waals surface area contributed by atoms with Gasteiger partial charge in [-0.05, 0) is 327 Å². The number of rotatable bonds is 0. The van der Waals surface area contributed by atoms with E-state index in [9.17, 15) is 0 Å². The summed E-state index contributed by atoms with van der Waals surface area (Å²) >= 11 is 0. The average Bonchev–Trinajstić information content (AvgIpc) is 1.17. The highest BCUT2D eigenvalue weighted by atomic mass is 15.0. The van der Waals surface area contributed by atoms with Crippen LogP contribution in [0.15, 0.2) is 121 Å². The molecule has 0 spiro atoms. The van der Waals surface area contributed by atoms with E-state index in [1.165, 1.54) is 293 Å². The second kappa shape index (κ2) is 68.5. The molecule has 852 valence electrons. The lowest BCUT2D eigenvalue weighted by atomic mass is 9.69. The van der Waals surface area contributed by atoms with Crippen molar-refractivity contribution in [2.75, 3.05) is 39.3 Å². The highest BCUT2D eigenvalue weighted by molar-refractivity contribution is 5.30. The Hall–Kier alpha value is -3.92. The molecule has 1 aromatic carbocycles. The van der Waals surface area contributed by atoms with Crippen molar-refractivity contribution in [3.63, 3.8) is 0 Å². The maximum absolute atomic E-state index is 4.25. The van der Waals surface area contributed by atoms with Gasteiger partial charge in [0.2, 0.25) is 0 Å². The minimum Gasteiger partial charge on any atom is -0.365 e. The summed E-state index contributed by atoms with van der Waals surface area (Å²) in [5.41, 5.74) is 13.3. The Bertz CT molecular complexity index is 3460. The fourth-order valence-electron chi connectivity index (χ4n) is 21.2. The van der Waals surface area contributed by atoms with Gasteiger partial charge in [-0.15, -0.1) is 0 Å². The molecule has 8 heterocycles. The van der Waals surface area contributed by atoms with E-state index in [4.69, 9.17) is 0 Å². The number of allylic oxidation sites excluding steroid dienone is 4. The number of aromatic amines is 1. The summed E-state index contributed by atoms with van der Waals surface area (Å²) in [6, 6.07) is 27.9.